The van der Waals surface area contributed by atoms with Crippen molar-refractivity contribution >= 4 is 51.8 Å². The fourth-order valence-electron chi connectivity index (χ4n) is 4.23. The highest BCUT2D eigenvalue weighted by atomic mass is 35.7. The number of fused-ring (bicyclic) bond motifs is 3. The van der Waals surface area contributed by atoms with Crippen molar-refractivity contribution < 1.29 is 16.8 Å². The molecule has 1 aromatic carbocycles. The normalized spacial score (nSPS) is 19.7. The Morgan fingerprint density at radius 1 is 1.06 bits per heavy atom. The molecule has 3 heterocycles. The van der Waals surface area contributed by atoms with E-state index < -0.39 is 19.1 Å². The lowest BCUT2D eigenvalue weighted by Crippen LogP contribution is -2.30. The predicted molar refractivity (Wildman–Crippen MR) is 118 cm³/mol. The average molecular weight is 479 g/mol. The molecule has 162 valence electrons. The van der Waals surface area contributed by atoms with Crippen LogP contribution in [0.25, 0.3) is 22.1 Å². The second-order valence-electron chi connectivity index (χ2n) is 8.01. The summed E-state index contributed by atoms with van der Waals surface area (Å²) >= 11 is 0. The van der Waals surface area contributed by atoms with Gasteiger partial charge in [-0.25, -0.2) is 30.8 Å². The molecule has 0 atom stereocenters. The highest BCUT2D eigenvalue weighted by molar-refractivity contribution is 8.13. The van der Waals surface area contributed by atoms with Crippen molar-refractivity contribution in [2.24, 2.45) is 5.92 Å². The largest absolute Gasteiger partial charge is 0.327 e. The molecular formula is C20H19ClN4O4S2. The summed E-state index contributed by atoms with van der Waals surface area (Å²) in [6.45, 7) is 1.90. The number of nitrogens with zero attached hydrogens (tertiary/aromatic N) is 4. The molecule has 1 fully saturated rings. The van der Waals surface area contributed by atoms with Gasteiger partial charge in [-0.05, 0) is 43.9 Å². The number of benzene rings is 1. The summed E-state index contributed by atoms with van der Waals surface area (Å²) in [5.74, 6) is -0.0337. The van der Waals surface area contributed by atoms with Gasteiger partial charge < -0.3 is 4.57 Å². The molecule has 0 radical (unpaired) electrons. The van der Waals surface area contributed by atoms with Crippen LogP contribution in [0.3, 0.4) is 0 Å². The maximum atomic E-state index is 13.2. The molecule has 0 aliphatic heterocycles. The fourth-order valence-corrected chi connectivity index (χ4v) is 6.90. The summed E-state index contributed by atoms with van der Waals surface area (Å²) in [4.78, 5) is 8.97. The van der Waals surface area contributed by atoms with Crippen LogP contribution in [0.1, 0.15) is 24.4 Å². The third-order valence-electron chi connectivity index (χ3n) is 5.83. The molecular weight excluding hydrogens is 460 g/mol. The maximum Gasteiger partial charge on any atom is 0.269 e. The Morgan fingerprint density at radius 3 is 2.45 bits per heavy atom. The van der Waals surface area contributed by atoms with E-state index in [1.54, 1.807) is 42.9 Å². The lowest BCUT2D eigenvalue weighted by Gasteiger charge is -2.35. The minimum absolute atomic E-state index is 0.00814. The number of hydrogen-bond acceptors (Lipinski definition) is 6. The molecule has 8 nitrogen and oxygen atoms in total. The number of halogens is 1. The number of pyridine rings is 1. The molecule has 11 heteroatoms. The Hall–Kier alpha value is -2.43. The number of rotatable bonds is 5. The van der Waals surface area contributed by atoms with Crippen molar-refractivity contribution in [3.8, 4) is 0 Å². The standard InChI is InChI=1S/C20H19ClN4O4S2/c1-13-2-4-16(5-3-13)31(28,29)25-7-6-17-19-18(10-22-20(17)25)23-12-24(19)15-8-14(9-15)11-30(21,26)27/h2-7,10,12,14-15H,8-9,11H2,1H3. The van der Waals surface area contributed by atoms with Gasteiger partial charge in [0.05, 0.1) is 28.7 Å². The summed E-state index contributed by atoms with van der Waals surface area (Å²) in [5.41, 5.74) is 2.75. The van der Waals surface area contributed by atoms with Crippen LogP contribution in [0, 0.1) is 12.8 Å². The Kier molecular flexibility index (Phi) is 4.65. The van der Waals surface area contributed by atoms with Gasteiger partial charge in [-0.15, -0.1) is 0 Å². The van der Waals surface area contributed by atoms with Crippen molar-refractivity contribution in [2.75, 3.05) is 5.75 Å². The van der Waals surface area contributed by atoms with E-state index in [2.05, 4.69) is 9.97 Å². The molecule has 31 heavy (non-hydrogen) atoms. The summed E-state index contributed by atoms with van der Waals surface area (Å²) in [7, 11) is -1.95. The molecule has 1 saturated carbocycles. The first-order valence-corrected chi connectivity index (χ1v) is 13.6. The molecule has 3 aromatic heterocycles. The molecule has 1 aliphatic carbocycles. The highest BCUT2D eigenvalue weighted by Crippen LogP contribution is 2.41. The van der Waals surface area contributed by atoms with Crippen LogP contribution in [0.4, 0.5) is 0 Å². The van der Waals surface area contributed by atoms with Gasteiger partial charge in [0.15, 0.2) is 5.65 Å². The number of imidazole rings is 1. The quantitative estimate of drug-likeness (QED) is 0.407. The van der Waals surface area contributed by atoms with Crippen LogP contribution >= 0.6 is 10.7 Å². The Bertz CT molecular complexity index is 1520. The van der Waals surface area contributed by atoms with Crippen molar-refractivity contribution in [3.05, 3.63) is 54.6 Å². The number of aryl methyl sites for hydroxylation is 1. The van der Waals surface area contributed by atoms with Crippen LogP contribution in [0.5, 0.6) is 0 Å². The Labute approximate surface area is 184 Å². The zero-order valence-corrected chi connectivity index (χ0v) is 18.9. The first-order valence-electron chi connectivity index (χ1n) is 9.71. The maximum absolute atomic E-state index is 13.2. The van der Waals surface area contributed by atoms with E-state index >= 15 is 0 Å². The van der Waals surface area contributed by atoms with Crippen molar-refractivity contribution in [1.82, 2.24) is 18.5 Å². The van der Waals surface area contributed by atoms with E-state index in [4.69, 9.17) is 10.7 Å². The van der Waals surface area contributed by atoms with E-state index in [1.807, 2.05) is 11.5 Å². The predicted octanol–water partition coefficient (Wildman–Crippen LogP) is 3.45. The molecule has 0 spiro atoms. The van der Waals surface area contributed by atoms with Gasteiger partial charge in [-0.1, -0.05) is 17.7 Å². The molecule has 0 unspecified atom stereocenters. The van der Waals surface area contributed by atoms with E-state index in [0.29, 0.717) is 29.4 Å². The summed E-state index contributed by atoms with van der Waals surface area (Å²) in [5, 5.41) is 0.680. The minimum Gasteiger partial charge on any atom is -0.327 e. The van der Waals surface area contributed by atoms with Crippen molar-refractivity contribution in [1.29, 1.82) is 0 Å². The van der Waals surface area contributed by atoms with Crippen molar-refractivity contribution in [3.63, 3.8) is 0 Å². The second kappa shape index (κ2) is 7.04. The second-order valence-corrected chi connectivity index (χ2v) is 12.6. The smallest absolute Gasteiger partial charge is 0.269 e. The van der Waals surface area contributed by atoms with Crippen LogP contribution in [-0.2, 0) is 19.1 Å². The Morgan fingerprint density at radius 2 is 1.77 bits per heavy atom. The van der Waals surface area contributed by atoms with Gasteiger partial charge in [0.1, 0.15) is 5.52 Å². The minimum atomic E-state index is -3.80. The van der Waals surface area contributed by atoms with Crippen molar-refractivity contribution in [2.45, 2.75) is 30.7 Å². The highest BCUT2D eigenvalue weighted by Gasteiger charge is 2.34. The zero-order valence-electron chi connectivity index (χ0n) is 16.5. The molecule has 5 rings (SSSR count). The molecule has 0 bridgehead atoms. The van der Waals surface area contributed by atoms with Gasteiger partial charge in [-0.2, -0.15) is 0 Å². The zero-order chi connectivity index (χ0) is 22.0. The third kappa shape index (κ3) is 3.52. The molecule has 0 saturated heterocycles. The summed E-state index contributed by atoms with van der Waals surface area (Å²) in [6, 6.07) is 8.49. The lowest BCUT2D eigenvalue weighted by molar-refractivity contribution is 0.223. The summed E-state index contributed by atoms with van der Waals surface area (Å²) in [6.07, 6.45) is 6.11. The third-order valence-corrected chi connectivity index (χ3v) is 8.76. The van der Waals surface area contributed by atoms with Gasteiger partial charge in [0.25, 0.3) is 10.0 Å². The van der Waals surface area contributed by atoms with E-state index in [1.165, 1.54) is 10.2 Å². The lowest BCUT2D eigenvalue weighted by atomic mass is 9.81. The SMILES string of the molecule is Cc1ccc(S(=O)(=O)n2ccc3c4c(cnc32)ncn4C2CC(CS(=O)(=O)Cl)C2)cc1. The van der Waals surface area contributed by atoms with Gasteiger partial charge >= 0.3 is 0 Å². The van der Waals surface area contributed by atoms with E-state index in [9.17, 15) is 16.8 Å². The monoisotopic (exact) mass is 478 g/mol. The van der Waals surface area contributed by atoms with Crippen LogP contribution in [-0.4, -0.2) is 41.1 Å². The van der Waals surface area contributed by atoms with Crippen LogP contribution in [0.15, 0.2) is 53.9 Å². The first-order chi connectivity index (χ1) is 14.6. The van der Waals surface area contributed by atoms with Gasteiger partial charge in [0, 0.05) is 28.3 Å². The molecule has 0 amide bonds. The molecule has 0 N–H and O–H groups in total. The Balaban J connectivity index is 1.56. The number of aromatic nitrogens is 4. The average Bonchev–Trinajstić information content (AvgIpc) is 3.28. The van der Waals surface area contributed by atoms with E-state index in [-0.39, 0.29) is 22.6 Å². The summed E-state index contributed by atoms with van der Waals surface area (Å²) < 4.78 is 52.2. The fraction of sp³-hybridized carbons (Fsp3) is 0.300. The van der Waals surface area contributed by atoms with Gasteiger partial charge in [-0.3, -0.25) is 0 Å². The van der Waals surface area contributed by atoms with Gasteiger partial charge in [0.2, 0.25) is 9.05 Å². The van der Waals surface area contributed by atoms with Crippen LogP contribution in [0.2, 0.25) is 0 Å². The first kappa shape index (κ1) is 20.5. The van der Waals surface area contributed by atoms with Crippen LogP contribution < -0.4 is 0 Å². The van der Waals surface area contributed by atoms with E-state index in [0.717, 1.165) is 11.1 Å². The molecule has 1 aliphatic rings. The number of hydrogen-bond donors (Lipinski definition) is 0. The molecule has 4 aromatic rings. The topological polar surface area (TPSA) is 104 Å².